The van der Waals surface area contributed by atoms with Crippen molar-refractivity contribution in [3.8, 4) is 11.8 Å². The molecule has 0 saturated heterocycles. The second-order valence-electron chi connectivity index (χ2n) is 5.14. The number of hydrogen-bond donors (Lipinski definition) is 0. The highest BCUT2D eigenvalue weighted by Crippen LogP contribution is 2.28. The summed E-state index contributed by atoms with van der Waals surface area (Å²) in [6.07, 6.45) is 0. The Morgan fingerprint density at radius 2 is 1.81 bits per heavy atom. The van der Waals surface area contributed by atoms with Crippen molar-refractivity contribution in [2.75, 3.05) is 14.2 Å². The highest BCUT2D eigenvalue weighted by atomic mass is 16.5. The molecular weight excluding hydrogens is 260 g/mol. The molecule has 2 rings (SSSR count). The molecule has 0 N–H and O–H groups in total. The summed E-state index contributed by atoms with van der Waals surface area (Å²) in [4.78, 5) is 2.26. The van der Waals surface area contributed by atoms with Crippen LogP contribution in [0.5, 0.6) is 5.75 Å². The van der Waals surface area contributed by atoms with Gasteiger partial charge >= 0.3 is 0 Å². The normalized spacial score (nSPS) is 12.0. The van der Waals surface area contributed by atoms with Crippen molar-refractivity contribution in [2.45, 2.75) is 19.5 Å². The van der Waals surface area contributed by atoms with Gasteiger partial charge in [0.1, 0.15) is 5.75 Å². The lowest BCUT2D eigenvalue weighted by Gasteiger charge is -2.26. The van der Waals surface area contributed by atoms with Gasteiger partial charge in [-0.1, -0.05) is 30.3 Å². The standard InChI is InChI=1S/C18H20N2O/c1-14(17-6-4-5-7-18(17)21-3)20(2)13-16-10-8-15(12-19)9-11-16/h4-11,14H,13H2,1-3H3. The van der Waals surface area contributed by atoms with Gasteiger partial charge in [0.2, 0.25) is 0 Å². The minimum Gasteiger partial charge on any atom is -0.496 e. The molecule has 21 heavy (non-hydrogen) atoms. The molecule has 0 heterocycles. The zero-order valence-corrected chi connectivity index (χ0v) is 12.7. The molecule has 1 unspecified atom stereocenters. The van der Waals surface area contributed by atoms with E-state index in [1.54, 1.807) is 7.11 Å². The summed E-state index contributed by atoms with van der Waals surface area (Å²) in [6, 6.07) is 18.2. The molecule has 108 valence electrons. The summed E-state index contributed by atoms with van der Waals surface area (Å²) in [5.74, 6) is 0.914. The number of hydrogen-bond acceptors (Lipinski definition) is 3. The number of nitrogens with zero attached hydrogens (tertiary/aromatic N) is 2. The van der Waals surface area contributed by atoms with Crippen LogP contribution in [0.1, 0.15) is 29.7 Å². The van der Waals surface area contributed by atoms with Gasteiger partial charge in [0, 0.05) is 18.2 Å². The largest absolute Gasteiger partial charge is 0.496 e. The van der Waals surface area contributed by atoms with Crippen LogP contribution in [-0.4, -0.2) is 19.1 Å². The van der Waals surface area contributed by atoms with Crippen molar-refractivity contribution >= 4 is 0 Å². The van der Waals surface area contributed by atoms with Crippen molar-refractivity contribution in [2.24, 2.45) is 0 Å². The third kappa shape index (κ3) is 3.62. The van der Waals surface area contributed by atoms with Crippen LogP contribution in [0.25, 0.3) is 0 Å². The average Bonchev–Trinajstić information content (AvgIpc) is 2.54. The van der Waals surface area contributed by atoms with Gasteiger partial charge in [-0.2, -0.15) is 5.26 Å². The Labute approximate surface area is 126 Å². The van der Waals surface area contributed by atoms with Crippen LogP contribution in [0.3, 0.4) is 0 Å². The minimum absolute atomic E-state index is 0.247. The Balaban J connectivity index is 2.11. The molecular formula is C18H20N2O. The molecule has 0 aliphatic rings. The van der Waals surface area contributed by atoms with Crippen LogP contribution in [0.15, 0.2) is 48.5 Å². The predicted molar refractivity (Wildman–Crippen MR) is 84.0 cm³/mol. The quantitative estimate of drug-likeness (QED) is 0.836. The Morgan fingerprint density at radius 3 is 2.43 bits per heavy atom. The first-order valence-corrected chi connectivity index (χ1v) is 6.98. The average molecular weight is 280 g/mol. The van der Waals surface area contributed by atoms with E-state index in [1.807, 2.05) is 42.5 Å². The van der Waals surface area contributed by atoms with Gasteiger partial charge in [0.15, 0.2) is 0 Å². The number of ether oxygens (including phenoxy) is 1. The number of benzene rings is 2. The van der Waals surface area contributed by atoms with E-state index in [1.165, 1.54) is 11.1 Å². The maximum Gasteiger partial charge on any atom is 0.123 e. The van der Waals surface area contributed by atoms with Gasteiger partial charge in [-0.05, 0) is 37.7 Å². The lowest BCUT2D eigenvalue weighted by Crippen LogP contribution is -2.22. The maximum atomic E-state index is 8.83. The minimum atomic E-state index is 0.247. The van der Waals surface area contributed by atoms with Crippen LogP contribution >= 0.6 is 0 Å². The van der Waals surface area contributed by atoms with E-state index in [0.717, 1.165) is 12.3 Å². The smallest absolute Gasteiger partial charge is 0.123 e. The predicted octanol–water partition coefficient (Wildman–Crippen LogP) is 3.76. The first kappa shape index (κ1) is 15.1. The van der Waals surface area contributed by atoms with Gasteiger partial charge < -0.3 is 4.74 Å². The highest BCUT2D eigenvalue weighted by molar-refractivity contribution is 5.36. The molecule has 0 amide bonds. The van der Waals surface area contributed by atoms with E-state index >= 15 is 0 Å². The summed E-state index contributed by atoms with van der Waals surface area (Å²) in [5, 5.41) is 8.83. The molecule has 3 nitrogen and oxygen atoms in total. The summed E-state index contributed by atoms with van der Waals surface area (Å²) in [7, 11) is 3.79. The molecule has 0 aliphatic carbocycles. The molecule has 0 spiro atoms. The SMILES string of the molecule is COc1ccccc1C(C)N(C)Cc1ccc(C#N)cc1. The van der Waals surface area contributed by atoms with Crippen molar-refractivity contribution in [3.63, 3.8) is 0 Å². The summed E-state index contributed by atoms with van der Waals surface area (Å²) >= 11 is 0. The number of methoxy groups -OCH3 is 1. The van der Waals surface area contributed by atoms with E-state index in [-0.39, 0.29) is 6.04 Å². The second kappa shape index (κ2) is 6.92. The van der Waals surface area contributed by atoms with E-state index < -0.39 is 0 Å². The van der Waals surface area contributed by atoms with Crippen LogP contribution in [0, 0.1) is 11.3 Å². The lowest BCUT2D eigenvalue weighted by atomic mass is 10.0. The van der Waals surface area contributed by atoms with Crippen molar-refractivity contribution in [3.05, 3.63) is 65.2 Å². The second-order valence-corrected chi connectivity index (χ2v) is 5.14. The molecule has 2 aromatic rings. The van der Waals surface area contributed by atoms with E-state index in [9.17, 15) is 0 Å². The molecule has 2 aromatic carbocycles. The van der Waals surface area contributed by atoms with E-state index in [4.69, 9.17) is 10.00 Å². The van der Waals surface area contributed by atoms with Crippen molar-refractivity contribution in [1.82, 2.24) is 4.90 Å². The molecule has 1 atom stereocenters. The van der Waals surface area contributed by atoms with Crippen molar-refractivity contribution in [1.29, 1.82) is 5.26 Å². The first-order valence-electron chi connectivity index (χ1n) is 6.98. The zero-order valence-electron chi connectivity index (χ0n) is 12.7. The fourth-order valence-electron chi connectivity index (χ4n) is 2.36. The molecule has 0 fully saturated rings. The highest BCUT2D eigenvalue weighted by Gasteiger charge is 2.15. The summed E-state index contributed by atoms with van der Waals surface area (Å²) < 4.78 is 5.43. The number of rotatable bonds is 5. The molecule has 0 aromatic heterocycles. The molecule has 0 radical (unpaired) electrons. The Bertz CT molecular complexity index is 628. The van der Waals surface area contributed by atoms with Crippen LogP contribution in [0.2, 0.25) is 0 Å². The lowest BCUT2D eigenvalue weighted by molar-refractivity contribution is 0.247. The van der Waals surface area contributed by atoms with Gasteiger partial charge in [0.25, 0.3) is 0 Å². The molecule has 0 aliphatic heterocycles. The Hall–Kier alpha value is -2.31. The van der Waals surface area contributed by atoms with E-state index in [0.29, 0.717) is 5.56 Å². The van der Waals surface area contributed by atoms with Gasteiger partial charge in [0.05, 0.1) is 18.7 Å². The Morgan fingerprint density at radius 1 is 1.14 bits per heavy atom. The van der Waals surface area contributed by atoms with Crippen LogP contribution in [-0.2, 0) is 6.54 Å². The van der Waals surface area contributed by atoms with Gasteiger partial charge in [-0.3, -0.25) is 4.90 Å². The van der Waals surface area contributed by atoms with Crippen LogP contribution in [0.4, 0.5) is 0 Å². The maximum absolute atomic E-state index is 8.83. The fourth-order valence-corrected chi connectivity index (χ4v) is 2.36. The zero-order chi connectivity index (χ0) is 15.2. The van der Waals surface area contributed by atoms with Gasteiger partial charge in [-0.25, -0.2) is 0 Å². The Kier molecular flexibility index (Phi) is 4.97. The summed E-state index contributed by atoms with van der Waals surface area (Å²) in [6.45, 7) is 2.99. The topological polar surface area (TPSA) is 36.3 Å². The van der Waals surface area contributed by atoms with E-state index in [2.05, 4.69) is 31.0 Å². The molecule has 0 bridgehead atoms. The van der Waals surface area contributed by atoms with Crippen LogP contribution < -0.4 is 4.74 Å². The molecule has 3 heteroatoms. The molecule has 0 saturated carbocycles. The monoisotopic (exact) mass is 280 g/mol. The number of para-hydroxylation sites is 1. The van der Waals surface area contributed by atoms with Gasteiger partial charge in [-0.15, -0.1) is 0 Å². The first-order chi connectivity index (χ1) is 10.2. The number of nitriles is 1. The van der Waals surface area contributed by atoms with Crippen molar-refractivity contribution < 1.29 is 4.74 Å². The fraction of sp³-hybridized carbons (Fsp3) is 0.278. The third-order valence-corrected chi connectivity index (χ3v) is 3.77. The summed E-state index contributed by atoms with van der Waals surface area (Å²) in [5.41, 5.74) is 3.06. The third-order valence-electron chi connectivity index (χ3n) is 3.77.